The van der Waals surface area contributed by atoms with Crippen molar-refractivity contribution in [2.24, 2.45) is 0 Å². The number of para-hydroxylation sites is 1. The fourth-order valence-corrected chi connectivity index (χ4v) is 4.52. The fourth-order valence-electron chi connectivity index (χ4n) is 3.18. The molecular weight excluding hydrogens is 397 g/mol. The van der Waals surface area contributed by atoms with Crippen molar-refractivity contribution in [3.63, 3.8) is 0 Å². The van der Waals surface area contributed by atoms with Crippen LogP contribution in [0, 0.1) is 5.82 Å². The number of anilines is 1. The van der Waals surface area contributed by atoms with Crippen molar-refractivity contribution in [1.29, 1.82) is 0 Å². The molecule has 1 heterocycles. The highest BCUT2D eigenvalue weighted by atomic mass is 32.2. The maximum absolute atomic E-state index is 13.9. The lowest BCUT2D eigenvalue weighted by Crippen LogP contribution is -2.50. The van der Waals surface area contributed by atoms with Gasteiger partial charge in [-0.25, -0.2) is 12.8 Å². The summed E-state index contributed by atoms with van der Waals surface area (Å²) in [5.74, 6) is -0.204. The first kappa shape index (κ1) is 21.1. The van der Waals surface area contributed by atoms with Crippen LogP contribution >= 0.6 is 0 Å². The molecule has 156 valence electrons. The van der Waals surface area contributed by atoms with Crippen molar-refractivity contribution >= 4 is 21.6 Å². The molecule has 1 saturated heterocycles. The first-order valence-electron chi connectivity index (χ1n) is 9.30. The quantitative estimate of drug-likeness (QED) is 0.737. The number of rotatable bonds is 7. The third-order valence-electron chi connectivity index (χ3n) is 4.82. The summed E-state index contributed by atoms with van der Waals surface area (Å²) in [5.41, 5.74) is 0.915. The highest BCUT2D eigenvalue weighted by Gasteiger charge is 2.27. The van der Waals surface area contributed by atoms with Crippen molar-refractivity contribution in [1.82, 2.24) is 9.62 Å². The van der Waals surface area contributed by atoms with Crippen LogP contribution in [0.2, 0.25) is 0 Å². The Kier molecular flexibility index (Phi) is 6.71. The number of benzene rings is 2. The van der Waals surface area contributed by atoms with Gasteiger partial charge in [0.15, 0.2) is 0 Å². The molecule has 1 aliphatic heterocycles. The zero-order chi connectivity index (χ0) is 20.9. The molecule has 0 radical (unpaired) electrons. The maximum atomic E-state index is 13.9. The van der Waals surface area contributed by atoms with Gasteiger partial charge in [-0.2, -0.15) is 4.31 Å². The number of hydrogen-bond acceptors (Lipinski definition) is 5. The minimum atomic E-state index is -3.51. The van der Waals surface area contributed by atoms with Crippen LogP contribution in [0.5, 0.6) is 5.75 Å². The van der Waals surface area contributed by atoms with E-state index in [0.717, 1.165) is 0 Å². The molecule has 7 nitrogen and oxygen atoms in total. The Hall–Kier alpha value is -2.65. The van der Waals surface area contributed by atoms with Gasteiger partial charge in [0, 0.05) is 38.3 Å². The van der Waals surface area contributed by atoms with E-state index in [1.165, 1.54) is 17.5 Å². The van der Waals surface area contributed by atoms with E-state index in [1.54, 1.807) is 42.5 Å². The SMILES string of the molecule is COc1ccc(C(=O)NCCS(=O)(=O)N2CCN(c3ccccc3F)CC2)cc1. The lowest BCUT2D eigenvalue weighted by molar-refractivity contribution is 0.0956. The van der Waals surface area contributed by atoms with Crippen LogP contribution in [0.1, 0.15) is 10.4 Å². The van der Waals surface area contributed by atoms with Gasteiger partial charge in [0.25, 0.3) is 5.91 Å². The van der Waals surface area contributed by atoms with Crippen LogP contribution in [0.3, 0.4) is 0 Å². The standard InChI is InChI=1S/C20H24FN3O4S/c1-28-17-8-6-16(7-9-17)20(25)22-10-15-29(26,27)24-13-11-23(12-14-24)19-5-3-2-4-18(19)21/h2-9H,10-15H2,1H3,(H,22,25). The molecule has 2 aromatic rings. The molecule has 0 atom stereocenters. The summed E-state index contributed by atoms with van der Waals surface area (Å²) in [6.45, 7) is 1.41. The molecule has 3 rings (SSSR count). The van der Waals surface area contributed by atoms with Crippen LogP contribution in [0.25, 0.3) is 0 Å². The van der Waals surface area contributed by atoms with Crippen LogP contribution in [-0.4, -0.2) is 64.2 Å². The summed E-state index contributed by atoms with van der Waals surface area (Å²) in [4.78, 5) is 14.0. The predicted molar refractivity (Wildman–Crippen MR) is 109 cm³/mol. The number of ether oxygens (including phenoxy) is 1. The summed E-state index contributed by atoms with van der Waals surface area (Å²) in [6.07, 6.45) is 0. The number of hydrogen-bond donors (Lipinski definition) is 1. The molecule has 0 spiro atoms. The van der Waals surface area contributed by atoms with Crippen LogP contribution in [0.15, 0.2) is 48.5 Å². The predicted octanol–water partition coefficient (Wildman–Crippen LogP) is 1.72. The molecule has 1 fully saturated rings. The Morgan fingerprint density at radius 2 is 1.72 bits per heavy atom. The minimum Gasteiger partial charge on any atom is -0.497 e. The summed E-state index contributed by atoms with van der Waals surface area (Å²) in [6, 6.07) is 13.0. The molecule has 0 aliphatic carbocycles. The number of methoxy groups -OCH3 is 1. The summed E-state index contributed by atoms with van der Waals surface area (Å²) in [5, 5.41) is 2.63. The minimum absolute atomic E-state index is 0.0146. The smallest absolute Gasteiger partial charge is 0.251 e. The van der Waals surface area contributed by atoms with Gasteiger partial charge in [0.1, 0.15) is 11.6 Å². The van der Waals surface area contributed by atoms with Gasteiger partial charge in [-0.15, -0.1) is 0 Å². The Labute approximate surface area is 170 Å². The zero-order valence-corrected chi connectivity index (χ0v) is 17.0. The summed E-state index contributed by atoms with van der Waals surface area (Å²) >= 11 is 0. The van der Waals surface area contributed by atoms with Gasteiger partial charge >= 0.3 is 0 Å². The number of carbonyl (C=O) groups is 1. The lowest BCUT2D eigenvalue weighted by Gasteiger charge is -2.35. The fraction of sp³-hybridized carbons (Fsp3) is 0.350. The van der Waals surface area contributed by atoms with E-state index in [0.29, 0.717) is 30.1 Å². The molecule has 0 bridgehead atoms. The number of halogens is 1. The molecule has 9 heteroatoms. The molecule has 0 saturated carbocycles. The molecule has 0 unspecified atom stereocenters. The molecule has 1 aliphatic rings. The van der Waals surface area contributed by atoms with E-state index in [9.17, 15) is 17.6 Å². The van der Waals surface area contributed by atoms with E-state index < -0.39 is 10.0 Å². The number of carbonyl (C=O) groups excluding carboxylic acids is 1. The molecule has 1 amide bonds. The summed E-state index contributed by atoms with van der Waals surface area (Å²) in [7, 11) is -1.97. The number of nitrogens with one attached hydrogen (secondary N) is 1. The van der Waals surface area contributed by atoms with Gasteiger partial charge in [0.2, 0.25) is 10.0 Å². The van der Waals surface area contributed by atoms with E-state index >= 15 is 0 Å². The number of sulfonamides is 1. The third-order valence-corrected chi connectivity index (χ3v) is 6.69. The Morgan fingerprint density at radius 1 is 1.07 bits per heavy atom. The van der Waals surface area contributed by atoms with Crippen molar-refractivity contribution in [2.75, 3.05) is 50.5 Å². The summed E-state index contributed by atoms with van der Waals surface area (Å²) < 4.78 is 45.5. The van der Waals surface area contributed by atoms with Gasteiger partial charge in [-0.3, -0.25) is 4.79 Å². The molecule has 1 N–H and O–H groups in total. The van der Waals surface area contributed by atoms with Crippen molar-refractivity contribution in [3.8, 4) is 5.75 Å². The highest BCUT2D eigenvalue weighted by molar-refractivity contribution is 7.89. The second-order valence-electron chi connectivity index (χ2n) is 6.64. The molecule has 2 aromatic carbocycles. The molecule has 0 aromatic heterocycles. The van der Waals surface area contributed by atoms with Crippen LogP contribution in [-0.2, 0) is 10.0 Å². The maximum Gasteiger partial charge on any atom is 0.251 e. The lowest BCUT2D eigenvalue weighted by atomic mass is 10.2. The molecular formula is C20H24FN3O4S. The van der Waals surface area contributed by atoms with Gasteiger partial charge in [-0.05, 0) is 36.4 Å². The Morgan fingerprint density at radius 3 is 2.34 bits per heavy atom. The largest absolute Gasteiger partial charge is 0.497 e. The number of piperazine rings is 1. The van der Waals surface area contributed by atoms with E-state index in [-0.39, 0.29) is 37.1 Å². The second kappa shape index (κ2) is 9.23. The first-order valence-corrected chi connectivity index (χ1v) is 10.9. The average molecular weight is 421 g/mol. The normalized spacial score (nSPS) is 15.2. The zero-order valence-electron chi connectivity index (χ0n) is 16.2. The van der Waals surface area contributed by atoms with Crippen molar-refractivity contribution in [3.05, 3.63) is 59.9 Å². The second-order valence-corrected chi connectivity index (χ2v) is 8.73. The Bertz CT molecular complexity index is 942. The third kappa shape index (κ3) is 5.24. The van der Waals surface area contributed by atoms with E-state index in [2.05, 4.69) is 5.32 Å². The Balaban J connectivity index is 1.49. The monoisotopic (exact) mass is 421 g/mol. The number of amides is 1. The van der Waals surface area contributed by atoms with Crippen LogP contribution < -0.4 is 15.0 Å². The van der Waals surface area contributed by atoms with E-state index in [4.69, 9.17) is 4.74 Å². The van der Waals surface area contributed by atoms with Gasteiger partial charge in [0.05, 0.1) is 18.6 Å². The van der Waals surface area contributed by atoms with Gasteiger partial charge < -0.3 is 15.0 Å². The van der Waals surface area contributed by atoms with Gasteiger partial charge in [-0.1, -0.05) is 12.1 Å². The van der Waals surface area contributed by atoms with E-state index in [1.807, 2.05) is 4.90 Å². The van der Waals surface area contributed by atoms with Crippen LogP contribution in [0.4, 0.5) is 10.1 Å². The molecule has 29 heavy (non-hydrogen) atoms. The van der Waals surface area contributed by atoms with Crippen molar-refractivity contribution < 1.29 is 22.3 Å². The topological polar surface area (TPSA) is 78.9 Å². The number of nitrogens with zero attached hydrogens (tertiary/aromatic N) is 2. The average Bonchev–Trinajstić information content (AvgIpc) is 2.74. The highest BCUT2D eigenvalue weighted by Crippen LogP contribution is 2.21. The first-order chi connectivity index (χ1) is 13.9. The van der Waals surface area contributed by atoms with Crippen molar-refractivity contribution in [2.45, 2.75) is 0 Å².